The van der Waals surface area contributed by atoms with Gasteiger partial charge in [0.25, 0.3) is 0 Å². The number of aliphatic carboxylic acids is 1. The van der Waals surface area contributed by atoms with Crippen molar-refractivity contribution in [1.29, 1.82) is 0 Å². The number of nitrogens with two attached hydrogens (primary N) is 1. The van der Waals surface area contributed by atoms with Crippen molar-refractivity contribution >= 4 is 11.9 Å². The molecule has 0 radical (unpaired) electrons. The lowest BCUT2D eigenvalue weighted by Gasteiger charge is -2.24. The molecule has 0 aliphatic carbocycles. The van der Waals surface area contributed by atoms with E-state index in [2.05, 4.69) is 19.2 Å². The van der Waals surface area contributed by atoms with Crippen molar-refractivity contribution in [3.05, 3.63) is 0 Å². The van der Waals surface area contributed by atoms with Crippen LogP contribution in [0.15, 0.2) is 0 Å². The molecule has 0 aromatic heterocycles. The number of hydrogen-bond acceptors (Lipinski definition) is 3. The predicted molar refractivity (Wildman–Crippen MR) is 71.1 cm³/mol. The number of amides is 1. The summed E-state index contributed by atoms with van der Waals surface area (Å²) >= 11 is 0. The van der Waals surface area contributed by atoms with Crippen molar-refractivity contribution in [3.8, 4) is 0 Å². The summed E-state index contributed by atoms with van der Waals surface area (Å²) in [5.74, 6) is -0.722. The number of carbonyl (C=O) groups excluding carboxylic acids is 1. The standard InChI is InChI=1S/C13H26N2O3/c1-5-6-8(2)9(3)7-11(13(17)18)15-12(16)10(4)14/h8-11H,5-7,14H2,1-4H3,(H,15,16)(H,17,18). The first-order valence-electron chi connectivity index (χ1n) is 6.58. The van der Waals surface area contributed by atoms with Crippen LogP contribution < -0.4 is 11.1 Å². The van der Waals surface area contributed by atoms with Gasteiger partial charge in [-0.05, 0) is 25.2 Å². The summed E-state index contributed by atoms with van der Waals surface area (Å²) in [6.07, 6.45) is 2.58. The second kappa shape index (κ2) is 8.08. The number of carboxylic acid groups (broad SMARTS) is 1. The maximum absolute atomic E-state index is 11.4. The molecular weight excluding hydrogens is 232 g/mol. The Morgan fingerprint density at radius 2 is 1.78 bits per heavy atom. The van der Waals surface area contributed by atoms with Gasteiger partial charge in [0.05, 0.1) is 6.04 Å². The van der Waals surface area contributed by atoms with Gasteiger partial charge in [-0.1, -0.05) is 33.6 Å². The molecule has 1 amide bonds. The molecule has 0 heterocycles. The summed E-state index contributed by atoms with van der Waals surface area (Å²) in [6, 6.07) is -1.53. The van der Waals surface area contributed by atoms with E-state index >= 15 is 0 Å². The molecule has 5 nitrogen and oxygen atoms in total. The van der Waals surface area contributed by atoms with Gasteiger partial charge in [-0.15, -0.1) is 0 Å². The zero-order chi connectivity index (χ0) is 14.3. The maximum Gasteiger partial charge on any atom is 0.326 e. The van der Waals surface area contributed by atoms with E-state index in [1.807, 2.05) is 6.92 Å². The first-order valence-corrected chi connectivity index (χ1v) is 6.58. The van der Waals surface area contributed by atoms with Crippen LogP contribution in [0.4, 0.5) is 0 Å². The first-order chi connectivity index (χ1) is 8.29. The second-order valence-corrected chi connectivity index (χ2v) is 5.17. The van der Waals surface area contributed by atoms with Crippen LogP contribution in [-0.4, -0.2) is 29.1 Å². The number of carboxylic acids is 1. The van der Waals surface area contributed by atoms with Gasteiger partial charge < -0.3 is 16.2 Å². The highest BCUT2D eigenvalue weighted by Gasteiger charge is 2.25. The van der Waals surface area contributed by atoms with Gasteiger partial charge in [-0.3, -0.25) is 4.79 Å². The largest absolute Gasteiger partial charge is 0.480 e. The third kappa shape index (κ3) is 6.00. The average molecular weight is 258 g/mol. The van der Waals surface area contributed by atoms with Crippen LogP contribution in [0.25, 0.3) is 0 Å². The molecule has 0 rings (SSSR count). The summed E-state index contributed by atoms with van der Waals surface area (Å²) in [6.45, 7) is 7.78. The average Bonchev–Trinajstić information content (AvgIpc) is 2.27. The van der Waals surface area contributed by atoms with Crippen LogP contribution in [0.1, 0.15) is 47.0 Å². The van der Waals surface area contributed by atoms with Crippen molar-refractivity contribution in [3.63, 3.8) is 0 Å². The molecule has 18 heavy (non-hydrogen) atoms. The maximum atomic E-state index is 11.4. The Morgan fingerprint density at radius 1 is 1.22 bits per heavy atom. The number of nitrogens with one attached hydrogen (secondary N) is 1. The van der Waals surface area contributed by atoms with Crippen LogP contribution in [0, 0.1) is 11.8 Å². The third-order valence-corrected chi connectivity index (χ3v) is 3.35. The predicted octanol–water partition coefficient (Wildman–Crippen LogP) is 1.37. The van der Waals surface area contributed by atoms with E-state index in [4.69, 9.17) is 10.8 Å². The molecule has 0 aliphatic rings. The normalized spacial score (nSPS) is 17.6. The highest BCUT2D eigenvalue weighted by Crippen LogP contribution is 2.21. The van der Waals surface area contributed by atoms with Crippen molar-refractivity contribution in [2.75, 3.05) is 0 Å². The fourth-order valence-corrected chi connectivity index (χ4v) is 1.87. The lowest BCUT2D eigenvalue weighted by molar-refractivity contribution is -0.142. The minimum atomic E-state index is -1.00. The van der Waals surface area contributed by atoms with Crippen LogP contribution in [0.2, 0.25) is 0 Å². The Labute approximate surface area is 109 Å². The second-order valence-electron chi connectivity index (χ2n) is 5.17. The minimum absolute atomic E-state index is 0.249. The van der Waals surface area contributed by atoms with E-state index in [0.29, 0.717) is 12.3 Å². The number of rotatable bonds is 8. The summed E-state index contributed by atoms with van der Waals surface area (Å²) in [4.78, 5) is 22.6. The lowest BCUT2D eigenvalue weighted by Crippen LogP contribution is -2.48. The Bertz CT molecular complexity index is 279. The molecule has 0 saturated carbocycles. The Kier molecular flexibility index (Phi) is 7.59. The Hall–Kier alpha value is -1.10. The Morgan fingerprint density at radius 3 is 2.17 bits per heavy atom. The highest BCUT2D eigenvalue weighted by molar-refractivity contribution is 5.86. The van der Waals surface area contributed by atoms with Crippen molar-refractivity contribution < 1.29 is 14.7 Å². The van der Waals surface area contributed by atoms with Crippen LogP contribution in [0.3, 0.4) is 0 Å². The van der Waals surface area contributed by atoms with Gasteiger partial charge in [0.1, 0.15) is 6.04 Å². The third-order valence-electron chi connectivity index (χ3n) is 3.35. The van der Waals surface area contributed by atoms with E-state index in [1.54, 1.807) is 0 Å². The van der Waals surface area contributed by atoms with Crippen LogP contribution >= 0.6 is 0 Å². The molecule has 4 atom stereocenters. The molecule has 0 saturated heterocycles. The molecule has 4 N–H and O–H groups in total. The van der Waals surface area contributed by atoms with E-state index in [-0.39, 0.29) is 5.92 Å². The fraction of sp³-hybridized carbons (Fsp3) is 0.846. The number of hydrogen-bond donors (Lipinski definition) is 3. The Balaban J connectivity index is 4.44. The quantitative estimate of drug-likeness (QED) is 0.613. The van der Waals surface area contributed by atoms with Gasteiger partial charge in [-0.25, -0.2) is 4.79 Å². The first kappa shape index (κ1) is 16.9. The van der Waals surface area contributed by atoms with E-state index in [1.165, 1.54) is 6.92 Å². The molecule has 0 spiro atoms. The molecule has 0 fully saturated rings. The molecule has 5 heteroatoms. The summed E-state index contributed by atoms with van der Waals surface area (Å²) in [7, 11) is 0. The molecule has 4 unspecified atom stereocenters. The van der Waals surface area contributed by atoms with Crippen molar-refractivity contribution in [2.24, 2.45) is 17.6 Å². The zero-order valence-corrected chi connectivity index (χ0v) is 11.8. The van der Waals surface area contributed by atoms with Crippen LogP contribution in [0.5, 0.6) is 0 Å². The highest BCUT2D eigenvalue weighted by atomic mass is 16.4. The molecule has 0 aromatic carbocycles. The lowest BCUT2D eigenvalue weighted by atomic mass is 9.87. The van der Waals surface area contributed by atoms with Gasteiger partial charge in [0, 0.05) is 0 Å². The smallest absolute Gasteiger partial charge is 0.326 e. The van der Waals surface area contributed by atoms with Crippen molar-refractivity contribution in [2.45, 2.75) is 59.0 Å². The molecule has 0 aromatic rings. The summed E-state index contributed by atoms with van der Waals surface area (Å²) in [5, 5.41) is 11.6. The van der Waals surface area contributed by atoms with E-state index in [0.717, 1.165) is 12.8 Å². The van der Waals surface area contributed by atoms with Gasteiger partial charge in [-0.2, -0.15) is 0 Å². The fourth-order valence-electron chi connectivity index (χ4n) is 1.87. The van der Waals surface area contributed by atoms with Crippen molar-refractivity contribution in [1.82, 2.24) is 5.32 Å². The molecule has 0 bridgehead atoms. The summed E-state index contributed by atoms with van der Waals surface area (Å²) in [5.41, 5.74) is 5.42. The molecule has 0 aliphatic heterocycles. The minimum Gasteiger partial charge on any atom is -0.480 e. The van der Waals surface area contributed by atoms with E-state index < -0.39 is 24.0 Å². The van der Waals surface area contributed by atoms with E-state index in [9.17, 15) is 9.59 Å². The monoisotopic (exact) mass is 258 g/mol. The topological polar surface area (TPSA) is 92.4 Å². The molecular formula is C13H26N2O3. The van der Waals surface area contributed by atoms with Gasteiger partial charge in [0.15, 0.2) is 0 Å². The molecule has 106 valence electrons. The summed E-state index contributed by atoms with van der Waals surface area (Å²) < 4.78 is 0. The number of carbonyl (C=O) groups is 2. The SMILES string of the molecule is CCCC(C)C(C)CC(NC(=O)C(C)N)C(=O)O. The van der Waals surface area contributed by atoms with Gasteiger partial charge >= 0.3 is 5.97 Å². The van der Waals surface area contributed by atoms with Crippen LogP contribution in [-0.2, 0) is 9.59 Å². The zero-order valence-electron chi connectivity index (χ0n) is 11.8. The van der Waals surface area contributed by atoms with Gasteiger partial charge in [0.2, 0.25) is 5.91 Å².